The summed E-state index contributed by atoms with van der Waals surface area (Å²) in [6, 6.07) is 17.7. The van der Waals surface area contributed by atoms with Crippen molar-refractivity contribution in [2.45, 2.75) is 13.2 Å². The quantitative estimate of drug-likeness (QED) is 0.734. The monoisotopic (exact) mass is 309 g/mol. The fourth-order valence-electron chi connectivity index (χ4n) is 2.32. The molecule has 0 amide bonds. The van der Waals surface area contributed by atoms with Crippen molar-refractivity contribution < 1.29 is 9.47 Å². The largest absolute Gasteiger partial charge is 0.496 e. The number of aromatic amines is 1. The molecule has 5 heteroatoms. The third-order valence-electron chi connectivity index (χ3n) is 3.55. The third-order valence-corrected chi connectivity index (χ3v) is 3.55. The third kappa shape index (κ3) is 3.52. The van der Waals surface area contributed by atoms with Gasteiger partial charge in [0.1, 0.15) is 18.1 Å². The van der Waals surface area contributed by atoms with E-state index in [9.17, 15) is 0 Å². The van der Waals surface area contributed by atoms with Crippen molar-refractivity contribution in [3.8, 4) is 22.8 Å². The summed E-state index contributed by atoms with van der Waals surface area (Å²) in [5.41, 5.74) is 9.31. The maximum absolute atomic E-state index is 5.82. The lowest BCUT2D eigenvalue weighted by atomic mass is 10.1. The lowest BCUT2D eigenvalue weighted by molar-refractivity contribution is 0.304. The van der Waals surface area contributed by atoms with Crippen molar-refractivity contribution in [1.29, 1.82) is 0 Å². The van der Waals surface area contributed by atoms with Crippen LogP contribution in [0.3, 0.4) is 0 Å². The van der Waals surface area contributed by atoms with Crippen LogP contribution >= 0.6 is 0 Å². The molecule has 1 aromatic heterocycles. The molecule has 0 fully saturated rings. The molecule has 0 atom stereocenters. The molecular formula is C18H19N3O2. The van der Waals surface area contributed by atoms with E-state index in [-0.39, 0.29) is 0 Å². The number of hydrogen-bond donors (Lipinski definition) is 2. The topological polar surface area (TPSA) is 73.2 Å². The van der Waals surface area contributed by atoms with Crippen LogP contribution in [0, 0.1) is 0 Å². The first-order valence-corrected chi connectivity index (χ1v) is 7.39. The Bertz CT molecular complexity index is 769. The van der Waals surface area contributed by atoms with Crippen LogP contribution < -0.4 is 15.2 Å². The molecule has 0 aliphatic heterocycles. The van der Waals surface area contributed by atoms with E-state index in [0.29, 0.717) is 18.9 Å². The van der Waals surface area contributed by atoms with E-state index in [1.165, 1.54) is 0 Å². The van der Waals surface area contributed by atoms with Gasteiger partial charge in [-0.05, 0) is 23.8 Å². The molecule has 3 aromatic rings. The zero-order valence-corrected chi connectivity index (χ0v) is 13.0. The number of H-pyrrole nitrogens is 1. The number of aromatic nitrogens is 2. The lowest BCUT2D eigenvalue weighted by Crippen LogP contribution is -1.96. The van der Waals surface area contributed by atoms with Gasteiger partial charge >= 0.3 is 0 Å². The van der Waals surface area contributed by atoms with Crippen LogP contribution in [0.2, 0.25) is 0 Å². The second-order valence-electron chi connectivity index (χ2n) is 5.12. The molecule has 3 rings (SSSR count). The molecule has 0 spiro atoms. The van der Waals surface area contributed by atoms with E-state index in [0.717, 1.165) is 28.3 Å². The van der Waals surface area contributed by atoms with Crippen LogP contribution in [-0.2, 0) is 13.2 Å². The van der Waals surface area contributed by atoms with Gasteiger partial charge in [-0.25, -0.2) is 0 Å². The van der Waals surface area contributed by atoms with Crippen LogP contribution in [0.15, 0.2) is 54.6 Å². The molecule has 5 nitrogen and oxygen atoms in total. The first kappa shape index (κ1) is 15.1. The van der Waals surface area contributed by atoms with E-state index in [4.69, 9.17) is 15.2 Å². The van der Waals surface area contributed by atoms with Crippen LogP contribution in [0.1, 0.15) is 11.3 Å². The van der Waals surface area contributed by atoms with Crippen LogP contribution in [0.5, 0.6) is 11.5 Å². The Balaban J connectivity index is 1.79. The average molecular weight is 309 g/mol. The molecule has 0 saturated carbocycles. The second kappa shape index (κ2) is 6.98. The fraction of sp³-hybridized carbons (Fsp3) is 0.167. The Morgan fingerprint density at radius 1 is 1.09 bits per heavy atom. The molecule has 0 aliphatic rings. The van der Waals surface area contributed by atoms with Crippen molar-refractivity contribution in [3.63, 3.8) is 0 Å². The highest BCUT2D eigenvalue weighted by molar-refractivity contribution is 5.68. The molecule has 0 saturated heterocycles. The number of ether oxygens (including phenoxy) is 2. The van der Waals surface area contributed by atoms with Crippen molar-refractivity contribution >= 4 is 0 Å². The number of benzene rings is 2. The highest BCUT2D eigenvalue weighted by Gasteiger charge is 2.11. The summed E-state index contributed by atoms with van der Waals surface area (Å²) in [5, 5.41) is 7.17. The fourth-order valence-corrected chi connectivity index (χ4v) is 2.32. The first-order valence-electron chi connectivity index (χ1n) is 7.39. The zero-order valence-electron chi connectivity index (χ0n) is 13.0. The molecule has 23 heavy (non-hydrogen) atoms. The first-order chi connectivity index (χ1) is 11.3. The van der Waals surface area contributed by atoms with E-state index >= 15 is 0 Å². The Morgan fingerprint density at radius 2 is 1.91 bits per heavy atom. The SMILES string of the molecule is COc1cc(OCc2ccccc2)ccc1-c1cc(CN)[nH]n1. The Morgan fingerprint density at radius 3 is 2.61 bits per heavy atom. The summed E-state index contributed by atoms with van der Waals surface area (Å²) in [6.07, 6.45) is 0. The van der Waals surface area contributed by atoms with Gasteiger partial charge < -0.3 is 15.2 Å². The standard InChI is InChI=1S/C18H19N3O2/c1-22-18-10-15(23-12-13-5-3-2-4-6-13)7-8-16(18)17-9-14(11-19)20-21-17/h2-10H,11-12,19H2,1H3,(H,20,21). The number of rotatable bonds is 6. The van der Waals surface area contributed by atoms with Crippen molar-refractivity contribution in [1.82, 2.24) is 10.2 Å². The van der Waals surface area contributed by atoms with Crippen LogP contribution in [-0.4, -0.2) is 17.3 Å². The van der Waals surface area contributed by atoms with Gasteiger partial charge in [0.15, 0.2) is 0 Å². The molecule has 118 valence electrons. The van der Waals surface area contributed by atoms with Gasteiger partial charge in [-0.3, -0.25) is 5.10 Å². The molecule has 1 heterocycles. The normalized spacial score (nSPS) is 10.5. The summed E-state index contributed by atoms with van der Waals surface area (Å²) >= 11 is 0. The number of nitrogens with zero attached hydrogens (tertiary/aromatic N) is 1. The van der Waals surface area contributed by atoms with Gasteiger partial charge in [0.05, 0.1) is 12.8 Å². The average Bonchev–Trinajstić information content (AvgIpc) is 3.09. The number of nitrogens with one attached hydrogen (secondary N) is 1. The Hall–Kier alpha value is -2.79. The molecule has 3 N–H and O–H groups in total. The van der Waals surface area contributed by atoms with Crippen molar-refractivity contribution in [3.05, 3.63) is 65.9 Å². The zero-order chi connectivity index (χ0) is 16.1. The molecule has 2 aromatic carbocycles. The highest BCUT2D eigenvalue weighted by Crippen LogP contribution is 2.32. The van der Waals surface area contributed by atoms with Gasteiger partial charge in [-0.2, -0.15) is 5.10 Å². The van der Waals surface area contributed by atoms with E-state index in [1.54, 1.807) is 7.11 Å². The number of nitrogens with two attached hydrogens (primary N) is 1. The van der Waals surface area contributed by atoms with Crippen molar-refractivity contribution in [2.75, 3.05) is 7.11 Å². The Labute approximate surface area is 135 Å². The smallest absolute Gasteiger partial charge is 0.132 e. The van der Waals surface area contributed by atoms with Crippen molar-refractivity contribution in [2.24, 2.45) is 5.73 Å². The molecule has 0 radical (unpaired) electrons. The lowest BCUT2D eigenvalue weighted by Gasteiger charge is -2.10. The van der Waals surface area contributed by atoms with Gasteiger partial charge in [0, 0.05) is 23.9 Å². The minimum Gasteiger partial charge on any atom is -0.496 e. The van der Waals surface area contributed by atoms with Gasteiger partial charge in [-0.1, -0.05) is 30.3 Å². The summed E-state index contributed by atoms with van der Waals surface area (Å²) in [7, 11) is 1.64. The van der Waals surface area contributed by atoms with Gasteiger partial charge in [-0.15, -0.1) is 0 Å². The summed E-state index contributed by atoms with van der Waals surface area (Å²) < 4.78 is 11.3. The summed E-state index contributed by atoms with van der Waals surface area (Å²) in [4.78, 5) is 0. The maximum atomic E-state index is 5.82. The number of methoxy groups -OCH3 is 1. The highest BCUT2D eigenvalue weighted by atomic mass is 16.5. The van der Waals surface area contributed by atoms with Gasteiger partial charge in [0.25, 0.3) is 0 Å². The predicted molar refractivity (Wildman–Crippen MR) is 89.2 cm³/mol. The summed E-state index contributed by atoms with van der Waals surface area (Å²) in [6.45, 7) is 0.941. The van der Waals surface area contributed by atoms with E-state index in [1.807, 2.05) is 54.6 Å². The van der Waals surface area contributed by atoms with Crippen LogP contribution in [0.4, 0.5) is 0 Å². The van der Waals surface area contributed by atoms with E-state index < -0.39 is 0 Å². The number of hydrogen-bond acceptors (Lipinski definition) is 4. The van der Waals surface area contributed by atoms with Gasteiger partial charge in [0.2, 0.25) is 0 Å². The Kier molecular flexibility index (Phi) is 4.59. The minimum absolute atomic E-state index is 0.424. The molecule has 0 unspecified atom stereocenters. The molecule has 0 aliphatic carbocycles. The molecular weight excluding hydrogens is 290 g/mol. The van der Waals surface area contributed by atoms with Crippen LogP contribution in [0.25, 0.3) is 11.3 Å². The van der Waals surface area contributed by atoms with E-state index in [2.05, 4.69) is 10.2 Å². The minimum atomic E-state index is 0.424. The second-order valence-corrected chi connectivity index (χ2v) is 5.12. The molecule has 0 bridgehead atoms. The summed E-state index contributed by atoms with van der Waals surface area (Å²) in [5.74, 6) is 1.47. The predicted octanol–water partition coefficient (Wildman–Crippen LogP) is 3.12. The maximum Gasteiger partial charge on any atom is 0.132 e.